The number of allylic oxidation sites excluding steroid dienone is 1. The summed E-state index contributed by atoms with van der Waals surface area (Å²) in [6.45, 7) is 2.08. The van der Waals surface area contributed by atoms with Crippen LogP contribution in [0.2, 0.25) is 0 Å². The third-order valence-electron chi connectivity index (χ3n) is 4.54. The van der Waals surface area contributed by atoms with E-state index in [2.05, 4.69) is 39.8 Å². The van der Waals surface area contributed by atoms with Gasteiger partial charge in [-0.1, -0.05) is 12.2 Å². The van der Waals surface area contributed by atoms with Crippen molar-refractivity contribution in [3.8, 4) is 0 Å². The molecule has 4 heteroatoms. The van der Waals surface area contributed by atoms with Crippen LogP contribution in [0.3, 0.4) is 0 Å². The van der Waals surface area contributed by atoms with E-state index in [4.69, 9.17) is 0 Å². The summed E-state index contributed by atoms with van der Waals surface area (Å²) in [6, 6.07) is 1.68. The topological polar surface area (TPSA) is 48.1 Å². The van der Waals surface area contributed by atoms with Gasteiger partial charge in [-0.25, -0.2) is 0 Å². The van der Waals surface area contributed by atoms with Gasteiger partial charge < -0.3 is 10.6 Å². The van der Waals surface area contributed by atoms with Crippen LogP contribution in [0.4, 0.5) is 0 Å². The van der Waals surface area contributed by atoms with Gasteiger partial charge in [-0.15, -0.1) is 0 Å². The Balaban J connectivity index is 1.76. The minimum atomic E-state index is 0.551. The number of nitrogens with one attached hydrogen (secondary N) is 4. The van der Waals surface area contributed by atoms with Gasteiger partial charge in [-0.05, 0) is 24.1 Å². The molecule has 4 aliphatic rings. The minimum absolute atomic E-state index is 0.551. The Hall–Kier alpha value is -0.840. The summed E-state index contributed by atoms with van der Waals surface area (Å²) < 4.78 is 0. The van der Waals surface area contributed by atoms with Crippen LogP contribution in [-0.2, 0) is 0 Å². The highest BCUT2D eigenvalue weighted by Gasteiger charge is 2.46. The van der Waals surface area contributed by atoms with Gasteiger partial charge in [0.2, 0.25) is 0 Å². The second kappa shape index (κ2) is 3.32. The summed E-state index contributed by atoms with van der Waals surface area (Å²) in [4.78, 5) is 0. The molecular weight excluding hydrogens is 200 g/mol. The Morgan fingerprint density at radius 2 is 2.31 bits per heavy atom. The Morgan fingerprint density at radius 3 is 3.31 bits per heavy atom. The maximum Gasteiger partial charge on any atom is 0.0564 e. The van der Waals surface area contributed by atoms with E-state index in [0.29, 0.717) is 24.0 Å². The van der Waals surface area contributed by atoms with E-state index in [1.807, 2.05) is 0 Å². The minimum Gasteiger partial charge on any atom is -0.385 e. The molecule has 2 saturated heterocycles. The van der Waals surface area contributed by atoms with Crippen molar-refractivity contribution in [3.63, 3.8) is 0 Å². The smallest absolute Gasteiger partial charge is 0.0564 e. The predicted molar refractivity (Wildman–Crippen MR) is 62.5 cm³/mol. The molecule has 4 rings (SSSR count). The van der Waals surface area contributed by atoms with E-state index in [0.717, 1.165) is 19.0 Å². The van der Waals surface area contributed by atoms with E-state index in [-0.39, 0.29) is 0 Å². The lowest BCUT2D eigenvalue weighted by Crippen LogP contribution is -2.48. The molecule has 0 radical (unpaired) electrons. The zero-order chi connectivity index (χ0) is 10.5. The average Bonchev–Trinajstić information content (AvgIpc) is 2.88. The van der Waals surface area contributed by atoms with Crippen LogP contribution in [0.25, 0.3) is 0 Å². The van der Waals surface area contributed by atoms with Gasteiger partial charge in [0.25, 0.3) is 0 Å². The van der Waals surface area contributed by atoms with Crippen LogP contribution in [0.5, 0.6) is 0 Å². The molecule has 4 N–H and O–H groups in total. The highest BCUT2D eigenvalue weighted by molar-refractivity contribution is 5.28. The standard InChI is InChI=1S/C12H18N4/c1-2-8-11-7(4-13-9(11)3-1)5-14-10-6-15-16-12(8)10/h1,3,5,8-16H,2,4,6H2. The quantitative estimate of drug-likeness (QED) is 0.413. The van der Waals surface area contributed by atoms with E-state index in [1.165, 1.54) is 6.42 Å². The zero-order valence-electron chi connectivity index (χ0n) is 9.24. The van der Waals surface area contributed by atoms with Gasteiger partial charge in [0.05, 0.1) is 6.04 Å². The molecule has 3 heterocycles. The normalized spacial score (nSPS) is 49.0. The lowest BCUT2D eigenvalue weighted by molar-refractivity contribution is 0.260. The maximum absolute atomic E-state index is 3.59. The maximum atomic E-state index is 3.59. The largest absolute Gasteiger partial charge is 0.385 e. The fourth-order valence-electron chi connectivity index (χ4n) is 3.78. The summed E-state index contributed by atoms with van der Waals surface area (Å²) in [5.41, 5.74) is 8.31. The van der Waals surface area contributed by atoms with Crippen molar-refractivity contribution in [2.75, 3.05) is 13.1 Å². The van der Waals surface area contributed by atoms with Crippen molar-refractivity contribution in [1.29, 1.82) is 0 Å². The highest BCUT2D eigenvalue weighted by Crippen LogP contribution is 2.39. The lowest BCUT2D eigenvalue weighted by atomic mass is 9.74. The molecule has 0 spiro atoms. The molecule has 1 aliphatic carbocycles. The molecule has 0 aromatic carbocycles. The van der Waals surface area contributed by atoms with Crippen molar-refractivity contribution >= 4 is 0 Å². The lowest BCUT2D eigenvalue weighted by Gasteiger charge is -2.34. The first-order chi connectivity index (χ1) is 7.93. The molecular formula is C12H18N4. The summed E-state index contributed by atoms with van der Waals surface area (Å²) in [6.07, 6.45) is 8.18. The van der Waals surface area contributed by atoms with Crippen LogP contribution < -0.4 is 21.5 Å². The van der Waals surface area contributed by atoms with Gasteiger partial charge in [0.1, 0.15) is 0 Å². The Bertz CT molecular complexity index is 362. The first-order valence-corrected chi connectivity index (χ1v) is 6.27. The van der Waals surface area contributed by atoms with Crippen molar-refractivity contribution < 1.29 is 0 Å². The monoisotopic (exact) mass is 218 g/mol. The van der Waals surface area contributed by atoms with E-state index in [9.17, 15) is 0 Å². The fraction of sp³-hybridized carbons (Fsp3) is 0.667. The molecule has 5 atom stereocenters. The van der Waals surface area contributed by atoms with Gasteiger partial charge in [0.15, 0.2) is 0 Å². The van der Waals surface area contributed by atoms with Crippen LogP contribution in [0.15, 0.2) is 23.9 Å². The van der Waals surface area contributed by atoms with E-state index < -0.39 is 0 Å². The SMILES string of the molecule is C1=CC2NCC3=CNC4CNNC4C(C1)C32. The van der Waals surface area contributed by atoms with Gasteiger partial charge >= 0.3 is 0 Å². The average molecular weight is 218 g/mol. The summed E-state index contributed by atoms with van der Waals surface area (Å²) in [5.74, 6) is 1.42. The van der Waals surface area contributed by atoms with Crippen LogP contribution in [0, 0.1) is 11.8 Å². The van der Waals surface area contributed by atoms with E-state index in [1.54, 1.807) is 5.57 Å². The van der Waals surface area contributed by atoms with E-state index >= 15 is 0 Å². The molecule has 0 aromatic rings. The third kappa shape index (κ3) is 1.15. The summed E-state index contributed by atoms with van der Waals surface area (Å²) in [7, 11) is 0. The van der Waals surface area contributed by atoms with Crippen LogP contribution >= 0.6 is 0 Å². The molecule has 0 saturated carbocycles. The van der Waals surface area contributed by atoms with Crippen molar-refractivity contribution in [2.24, 2.45) is 11.8 Å². The number of hydrogen-bond acceptors (Lipinski definition) is 4. The number of fused-ring (bicyclic) bond motifs is 2. The second-order valence-electron chi connectivity index (χ2n) is 5.30. The molecule has 0 aromatic heterocycles. The molecule has 0 amide bonds. The third-order valence-corrected chi connectivity index (χ3v) is 4.54. The van der Waals surface area contributed by atoms with Gasteiger partial charge in [-0.3, -0.25) is 10.9 Å². The van der Waals surface area contributed by atoms with Gasteiger partial charge in [-0.2, -0.15) is 0 Å². The number of hydrogen-bond donors (Lipinski definition) is 4. The molecule has 2 fully saturated rings. The van der Waals surface area contributed by atoms with Crippen LogP contribution in [-0.4, -0.2) is 31.2 Å². The number of hydrazine groups is 1. The van der Waals surface area contributed by atoms with Crippen molar-refractivity contribution in [1.82, 2.24) is 21.5 Å². The predicted octanol–water partition coefficient (Wildman–Crippen LogP) is -0.517. The Kier molecular flexibility index (Phi) is 1.92. The fourth-order valence-corrected chi connectivity index (χ4v) is 3.78. The molecule has 16 heavy (non-hydrogen) atoms. The number of rotatable bonds is 0. The molecule has 3 aliphatic heterocycles. The molecule has 4 nitrogen and oxygen atoms in total. The molecule has 5 unspecified atom stereocenters. The summed E-state index contributed by atoms with van der Waals surface area (Å²) in [5, 5.41) is 7.17. The Morgan fingerprint density at radius 1 is 1.31 bits per heavy atom. The van der Waals surface area contributed by atoms with Crippen LogP contribution in [0.1, 0.15) is 6.42 Å². The summed E-state index contributed by atoms with van der Waals surface area (Å²) >= 11 is 0. The molecule has 0 bridgehead atoms. The second-order valence-corrected chi connectivity index (χ2v) is 5.30. The molecule has 86 valence electrons. The first kappa shape index (κ1) is 9.22. The van der Waals surface area contributed by atoms with Crippen molar-refractivity contribution in [3.05, 3.63) is 23.9 Å². The van der Waals surface area contributed by atoms with Crippen molar-refractivity contribution in [2.45, 2.75) is 24.5 Å². The first-order valence-electron chi connectivity index (χ1n) is 6.27. The Labute approximate surface area is 95.5 Å². The highest BCUT2D eigenvalue weighted by atomic mass is 15.4. The van der Waals surface area contributed by atoms with Gasteiger partial charge in [0, 0.05) is 31.1 Å². The zero-order valence-corrected chi connectivity index (χ0v) is 9.24.